The maximum atomic E-state index is 12.5. The molecular formula is C21H22N2O4. The first-order chi connectivity index (χ1) is 13.2. The fraction of sp³-hybridized carbons (Fsp3) is 0.286. The number of methoxy groups -OCH3 is 2. The number of anilines is 2. The minimum Gasteiger partial charge on any atom is -0.497 e. The molecule has 3 aromatic rings. The zero-order valence-electron chi connectivity index (χ0n) is 15.5. The van der Waals surface area contributed by atoms with Crippen molar-refractivity contribution in [1.82, 2.24) is 0 Å². The first kappa shape index (κ1) is 17.3. The van der Waals surface area contributed by atoms with E-state index in [2.05, 4.69) is 21.9 Å². The van der Waals surface area contributed by atoms with E-state index in [0.29, 0.717) is 22.6 Å². The molecule has 1 aliphatic rings. The van der Waals surface area contributed by atoms with Crippen LogP contribution in [0.2, 0.25) is 0 Å². The van der Waals surface area contributed by atoms with Crippen LogP contribution in [0.15, 0.2) is 57.7 Å². The molecule has 0 amide bonds. The number of piperazine rings is 1. The van der Waals surface area contributed by atoms with E-state index in [4.69, 9.17) is 13.9 Å². The summed E-state index contributed by atoms with van der Waals surface area (Å²) in [4.78, 5) is 16.9. The fourth-order valence-corrected chi connectivity index (χ4v) is 3.38. The second kappa shape index (κ2) is 7.23. The first-order valence-corrected chi connectivity index (χ1v) is 8.94. The van der Waals surface area contributed by atoms with Gasteiger partial charge < -0.3 is 23.7 Å². The first-order valence-electron chi connectivity index (χ1n) is 8.94. The minimum absolute atomic E-state index is 0.0530. The number of hydrogen-bond acceptors (Lipinski definition) is 6. The van der Waals surface area contributed by atoms with Gasteiger partial charge in [0.2, 0.25) is 0 Å². The Morgan fingerprint density at radius 1 is 0.815 bits per heavy atom. The summed E-state index contributed by atoms with van der Waals surface area (Å²) in [7, 11) is 3.25. The molecule has 140 valence electrons. The Balaban J connectivity index is 1.51. The van der Waals surface area contributed by atoms with Crippen molar-refractivity contribution in [3.63, 3.8) is 0 Å². The summed E-state index contributed by atoms with van der Waals surface area (Å²) in [6, 6.07) is 15.0. The molecule has 0 radical (unpaired) electrons. The van der Waals surface area contributed by atoms with Gasteiger partial charge in [-0.15, -0.1) is 0 Å². The SMILES string of the molecule is COc1ccc(N2CCN(c3cc(=O)c4cc(OC)ccc4o3)CC2)cc1. The average molecular weight is 366 g/mol. The topological polar surface area (TPSA) is 55.2 Å². The number of rotatable bonds is 4. The molecule has 0 bridgehead atoms. The summed E-state index contributed by atoms with van der Waals surface area (Å²) in [6.45, 7) is 3.29. The molecule has 0 spiro atoms. The van der Waals surface area contributed by atoms with E-state index in [9.17, 15) is 4.79 Å². The van der Waals surface area contributed by atoms with Crippen LogP contribution in [-0.2, 0) is 0 Å². The summed E-state index contributed by atoms with van der Waals surface area (Å²) >= 11 is 0. The molecule has 1 aliphatic heterocycles. The van der Waals surface area contributed by atoms with Gasteiger partial charge in [-0.3, -0.25) is 4.79 Å². The Morgan fingerprint density at radius 2 is 1.44 bits per heavy atom. The Hall–Kier alpha value is -3.15. The van der Waals surface area contributed by atoms with Gasteiger partial charge in [0, 0.05) is 37.9 Å². The summed E-state index contributed by atoms with van der Waals surface area (Å²) in [5.74, 6) is 2.12. The molecule has 0 unspecified atom stereocenters. The van der Waals surface area contributed by atoms with E-state index >= 15 is 0 Å². The van der Waals surface area contributed by atoms with Crippen LogP contribution >= 0.6 is 0 Å². The summed E-state index contributed by atoms with van der Waals surface area (Å²) in [6.07, 6.45) is 0. The third-order valence-electron chi connectivity index (χ3n) is 4.95. The lowest BCUT2D eigenvalue weighted by atomic mass is 10.2. The number of nitrogens with zero attached hydrogens (tertiary/aromatic N) is 2. The average Bonchev–Trinajstić information content (AvgIpc) is 2.73. The van der Waals surface area contributed by atoms with Crippen LogP contribution in [-0.4, -0.2) is 40.4 Å². The Labute approximate surface area is 157 Å². The van der Waals surface area contributed by atoms with Crippen LogP contribution in [0.1, 0.15) is 0 Å². The van der Waals surface area contributed by atoms with Crippen molar-refractivity contribution in [2.24, 2.45) is 0 Å². The van der Waals surface area contributed by atoms with E-state index in [-0.39, 0.29) is 5.43 Å². The van der Waals surface area contributed by atoms with Crippen LogP contribution in [0, 0.1) is 0 Å². The highest BCUT2D eigenvalue weighted by atomic mass is 16.5. The fourth-order valence-electron chi connectivity index (χ4n) is 3.38. The van der Waals surface area contributed by atoms with Crippen molar-refractivity contribution in [1.29, 1.82) is 0 Å². The van der Waals surface area contributed by atoms with E-state index in [1.807, 2.05) is 12.1 Å². The molecule has 0 saturated carbocycles. The lowest BCUT2D eigenvalue weighted by molar-refractivity contribution is 0.414. The van der Waals surface area contributed by atoms with E-state index in [1.165, 1.54) is 5.69 Å². The summed E-state index contributed by atoms with van der Waals surface area (Å²) in [5, 5.41) is 0.537. The Morgan fingerprint density at radius 3 is 2.11 bits per heavy atom. The Kier molecular flexibility index (Phi) is 4.62. The largest absolute Gasteiger partial charge is 0.497 e. The van der Waals surface area contributed by atoms with Gasteiger partial charge in [-0.25, -0.2) is 0 Å². The van der Waals surface area contributed by atoms with Gasteiger partial charge in [0.05, 0.1) is 19.6 Å². The van der Waals surface area contributed by atoms with Crippen LogP contribution in [0.25, 0.3) is 11.0 Å². The third kappa shape index (κ3) is 3.43. The van der Waals surface area contributed by atoms with Crippen LogP contribution in [0.3, 0.4) is 0 Å². The quantitative estimate of drug-likeness (QED) is 0.707. The van der Waals surface area contributed by atoms with Crippen molar-refractivity contribution in [2.75, 3.05) is 50.2 Å². The molecular weight excluding hydrogens is 344 g/mol. The Bertz CT molecular complexity index is 989. The number of hydrogen-bond donors (Lipinski definition) is 0. The van der Waals surface area contributed by atoms with E-state index in [1.54, 1.807) is 38.5 Å². The molecule has 1 saturated heterocycles. The maximum absolute atomic E-state index is 12.5. The number of benzene rings is 2. The molecule has 1 fully saturated rings. The lowest BCUT2D eigenvalue weighted by Gasteiger charge is -2.36. The molecule has 4 rings (SSSR count). The van der Waals surface area contributed by atoms with Gasteiger partial charge >= 0.3 is 0 Å². The monoisotopic (exact) mass is 366 g/mol. The molecule has 6 heteroatoms. The van der Waals surface area contributed by atoms with Gasteiger partial charge in [-0.05, 0) is 42.5 Å². The third-order valence-corrected chi connectivity index (χ3v) is 4.95. The zero-order valence-corrected chi connectivity index (χ0v) is 15.5. The minimum atomic E-state index is -0.0530. The van der Waals surface area contributed by atoms with Gasteiger partial charge in [-0.2, -0.15) is 0 Å². The highest BCUT2D eigenvalue weighted by Crippen LogP contribution is 2.25. The predicted molar refractivity (Wildman–Crippen MR) is 106 cm³/mol. The second-order valence-corrected chi connectivity index (χ2v) is 6.48. The molecule has 2 heterocycles. The van der Waals surface area contributed by atoms with Gasteiger partial charge in [0.15, 0.2) is 11.3 Å². The highest BCUT2D eigenvalue weighted by molar-refractivity contribution is 5.79. The molecule has 0 N–H and O–H groups in total. The van der Waals surface area contributed by atoms with Crippen molar-refractivity contribution in [3.8, 4) is 11.5 Å². The van der Waals surface area contributed by atoms with Crippen LogP contribution in [0.4, 0.5) is 11.6 Å². The summed E-state index contributed by atoms with van der Waals surface area (Å²) < 4.78 is 16.4. The lowest BCUT2D eigenvalue weighted by Crippen LogP contribution is -2.46. The summed E-state index contributed by atoms with van der Waals surface area (Å²) in [5.41, 5.74) is 1.70. The highest BCUT2D eigenvalue weighted by Gasteiger charge is 2.20. The van der Waals surface area contributed by atoms with Gasteiger partial charge in [0.1, 0.15) is 17.1 Å². The molecule has 0 atom stereocenters. The molecule has 6 nitrogen and oxygen atoms in total. The maximum Gasteiger partial charge on any atom is 0.200 e. The number of ether oxygens (including phenoxy) is 2. The second-order valence-electron chi connectivity index (χ2n) is 6.48. The van der Waals surface area contributed by atoms with Crippen LogP contribution < -0.4 is 24.7 Å². The van der Waals surface area contributed by atoms with Gasteiger partial charge in [0.25, 0.3) is 0 Å². The number of fused-ring (bicyclic) bond motifs is 1. The standard InChI is InChI=1S/C21H22N2O4/c1-25-16-5-3-15(4-6-16)22-9-11-23(12-10-22)21-14-19(24)18-13-17(26-2)7-8-20(18)27-21/h3-8,13-14H,9-12H2,1-2H3. The van der Waals surface area contributed by atoms with Crippen molar-refractivity contribution < 1.29 is 13.9 Å². The molecule has 2 aromatic carbocycles. The molecule has 0 aliphatic carbocycles. The van der Waals surface area contributed by atoms with E-state index in [0.717, 1.165) is 31.9 Å². The van der Waals surface area contributed by atoms with Crippen molar-refractivity contribution in [3.05, 3.63) is 58.8 Å². The normalized spacial score (nSPS) is 14.4. The predicted octanol–water partition coefficient (Wildman–Crippen LogP) is 3.14. The zero-order chi connectivity index (χ0) is 18.8. The van der Waals surface area contributed by atoms with Crippen molar-refractivity contribution >= 4 is 22.5 Å². The van der Waals surface area contributed by atoms with E-state index < -0.39 is 0 Å². The molecule has 1 aromatic heterocycles. The smallest absolute Gasteiger partial charge is 0.200 e. The van der Waals surface area contributed by atoms with Crippen molar-refractivity contribution in [2.45, 2.75) is 0 Å². The van der Waals surface area contributed by atoms with Crippen LogP contribution in [0.5, 0.6) is 11.5 Å². The molecule has 27 heavy (non-hydrogen) atoms. The van der Waals surface area contributed by atoms with Gasteiger partial charge in [-0.1, -0.05) is 0 Å².